The number of halogens is 1. The Labute approximate surface area is 433 Å². The molecule has 2 fully saturated rings. The van der Waals surface area contributed by atoms with E-state index in [4.69, 9.17) is 14.2 Å². The summed E-state index contributed by atoms with van der Waals surface area (Å²) in [5.74, 6) is 1.67. The number of ether oxygens (including phenoxy) is 3. The first-order valence-corrected chi connectivity index (χ1v) is 26.4. The highest BCUT2D eigenvalue weighted by molar-refractivity contribution is 9.10. The number of β-amino-alcohol motifs (C(OH)–C–C–N with tert-alkyl or cyclic N) is 1. The lowest BCUT2D eigenvalue weighted by Crippen LogP contribution is -2.55. The predicted octanol–water partition coefficient (Wildman–Crippen LogP) is 7.60. The largest absolute Gasteiger partial charge is 0.494 e. The lowest BCUT2D eigenvalue weighted by Gasteiger charge is -2.35. The van der Waals surface area contributed by atoms with Gasteiger partial charge in [0.2, 0.25) is 23.7 Å². The van der Waals surface area contributed by atoms with Crippen molar-refractivity contribution in [1.82, 2.24) is 35.0 Å². The summed E-state index contributed by atoms with van der Waals surface area (Å²) >= 11 is 5.06. The van der Waals surface area contributed by atoms with Crippen LogP contribution in [0.15, 0.2) is 82.9 Å². The minimum atomic E-state index is -0.911. The maximum absolute atomic E-state index is 14.3. The molecule has 2 aliphatic heterocycles. The molecule has 72 heavy (non-hydrogen) atoms. The van der Waals surface area contributed by atoms with Gasteiger partial charge in [0.15, 0.2) is 0 Å². The van der Waals surface area contributed by atoms with Crippen molar-refractivity contribution in [1.29, 1.82) is 0 Å². The van der Waals surface area contributed by atoms with Crippen LogP contribution in [0.2, 0.25) is 0 Å². The summed E-state index contributed by atoms with van der Waals surface area (Å²) in [7, 11) is 1.88. The highest BCUT2D eigenvalue weighted by Gasteiger charge is 2.46. The number of hydrogen-bond acceptors (Lipinski definition) is 14. The standard InChI is InChI=1S/C53H64BrN9O8S/c1-33(2)46(63-30-38-10-5-6-13-42(38)51(63)67)52(68)62-31-40(64)27-44(62)49(65)56-28-37-15-14-36(47-34(3)58-32-72-47)26-45(37)71-25-24-69-22-9-23-70-41-18-16-39(17-19-41)59-53-57-29-43(54)48(60-53)55-20-8-21-61(4)50(66)35-11-7-12-35/h5-6,10,13-19,26,29,32-33,35,40,44,46,64H,7-9,11-12,20-25,27-28,30-31H2,1-4H3,(H,56,65)(H2,55,57,59,60)/t40-,44+,46+/m1/s1. The van der Waals surface area contributed by atoms with Crippen LogP contribution in [0.1, 0.15) is 79.6 Å². The number of thiazole rings is 1. The Morgan fingerprint density at radius 2 is 1.79 bits per heavy atom. The topological polar surface area (TPSA) is 201 Å². The lowest BCUT2D eigenvalue weighted by molar-refractivity contribution is -0.143. The molecule has 0 bridgehead atoms. The Morgan fingerprint density at radius 1 is 0.986 bits per heavy atom. The molecule has 4 amide bonds. The first-order chi connectivity index (χ1) is 34.8. The molecule has 17 nitrogen and oxygen atoms in total. The second kappa shape index (κ2) is 24.5. The molecule has 0 radical (unpaired) electrons. The molecular weight excluding hydrogens is 1000 g/mol. The smallest absolute Gasteiger partial charge is 0.255 e. The van der Waals surface area contributed by atoms with Crippen LogP contribution >= 0.6 is 27.3 Å². The van der Waals surface area contributed by atoms with E-state index in [1.165, 1.54) is 16.2 Å². The zero-order valence-corrected chi connectivity index (χ0v) is 43.7. The van der Waals surface area contributed by atoms with Crippen LogP contribution in [0.5, 0.6) is 11.5 Å². The third-order valence-corrected chi connectivity index (χ3v) is 14.9. The van der Waals surface area contributed by atoms with E-state index < -0.39 is 24.1 Å². The van der Waals surface area contributed by atoms with Crippen molar-refractivity contribution >= 4 is 68.3 Å². The fourth-order valence-corrected chi connectivity index (χ4v) is 10.3. The number of aromatic nitrogens is 3. The summed E-state index contributed by atoms with van der Waals surface area (Å²) in [6.07, 6.45) is 5.52. The molecule has 1 saturated heterocycles. The number of aryl methyl sites for hydroxylation is 1. The van der Waals surface area contributed by atoms with E-state index in [1.807, 2.05) is 93.4 Å². The summed E-state index contributed by atoms with van der Waals surface area (Å²) in [5.41, 5.74) is 6.61. The number of nitrogens with zero attached hydrogens (tertiary/aromatic N) is 6. The zero-order valence-electron chi connectivity index (χ0n) is 41.3. The van der Waals surface area contributed by atoms with Crippen LogP contribution in [0.3, 0.4) is 0 Å². The molecule has 3 aromatic carbocycles. The molecule has 5 aromatic rings. The second-order valence-electron chi connectivity index (χ2n) is 18.9. The molecule has 3 atom stereocenters. The number of carbonyl (C=O) groups excluding carboxylic acids is 4. The molecule has 4 N–H and O–H groups in total. The van der Waals surface area contributed by atoms with Gasteiger partial charge in [-0.25, -0.2) is 9.97 Å². The van der Waals surface area contributed by atoms with E-state index in [0.717, 1.165) is 63.1 Å². The number of benzene rings is 3. The van der Waals surface area contributed by atoms with Gasteiger partial charge < -0.3 is 50.0 Å². The van der Waals surface area contributed by atoms with Gasteiger partial charge in [-0.15, -0.1) is 11.3 Å². The monoisotopic (exact) mass is 1070 g/mol. The number of nitrogens with one attached hydrogen (secondary N) is 3. The van der Waals surface area contributed by atoms with Crippen molar-refractivity contribution < 1.29 is 38.5 Å². The van der Waals surface area contributed by atoms with Crippen LogP contribution < -0.4 is 25.4 Å². The summed E-state index contributed by atoms with van der Waals surface area (Å²) in [6, 6.07) is 19.0. The number of fused-ring (bicyclic) bond motifs is 1. The Hall–Kier alpha value is -6.15. The van der Waals surface area contributed by atoms with Gasteiger partial charge in [0.05, 0.1) is 39.9 Å². The van der Waals surface area contributed by atoms with Crippen LogP contribution in [0.4, 0.5) is 17.5 Å². The zero-order chi connectivity index (χ0) is 50.7. The average molecular weight is 1070 g/mol. The molecule has 19 heteroatoms. The first kappa shape index (κ1) is 52.2. The van der Waals surface area contributed by atoms with Crippen LogP contribution in [-0.2, 0) is 32.2 Å². The first-order valence-electron chi connectivity index (χ1n) is 24.7. The maximum Gasteiger partial charge on any atom is 0.255 e. The van der Waals surface area contributed by atoms with E-state index in [1.54, 1.807) is 22.7 Å². The minimum absolute atomic E-state index is 0.000599. The number of carbonyl (C=O) groups is 4. The van der Waals surface area contributed by atoms with Crippen molar-refractivity contribution in [3.8, 4) is 21.9 Å². The van der Waals surface area contributed by atoms with E-state index in [2.05, 4.69) is 46.8 Å². The van der Waals surface area contributed by atoms with Crippen LogP contribution in [-0.4, -0.2) is 130 Å². The van der Waals surface area contributed by atoms with Crippen molar-refractivity contribution in [2.75, 3.05) is 63.7 Å². The van der Waals surface area contributed by atoms with Gasteiger partial charge in [0.1, 0.15) is 36.0 Å². The van der Waals surface area contributed by atoms with Gasteiger partial charge in [-0.05, 0) is 95.6 Å². The van der Waals surface area contributed by atoms with Gasteiger partial charge in [-0.1, -0.05) is 50.6 Å². The molecular formula is C53H64BrN9O8S. The van der Waals surface area contributed by atoms with Gasteiger partial charge in [-0.2, -0.15) is 4.98 Å². The van der Waals surface area contributed by atoms with Gasteiger partial charge >= 0.3 is 0 Å². The SMILES string of the molecule is Cc1ncsc1-c1ccc(CNC(=O)[C@@H]2C[C@@H](O)CN2C(=O)[C@H](C(C)C)N2Cc3ccccc3C2=O)c(OCCOCCCOc2ccc(Nc3ncc(Br)c(NCCCN(C)C(=O)C4CCC4)n3)cc2)c1. The Bertz CT molecular complexity index is 2680. The Morgan fingerprint density at radius 3 is 2.53 bits per heavy atom. The molecule has 382 valence electrons. The van der Waals surface area contributed by atoms with E-state index in [0.29, 0.717) is 74.7 Å². The maximum atomic E-state index is 14.3. The summed E-state index contributed by atoms with van der Waals surface area (Å²) in [5, 5.41) is 20.4. The van der Waals surface area contributed by atoms with Crippen molar-refractivity contribution in [2.24, 2.45) is 11.8 Å². The van der Waals surface area contributed by atoms with Gasteiger partial charge in [0.25, 0.3) is 5.91 Å². The fraction of sp³-hybridized carbons (Fsp3) is 0.453. The van der Waals surface area contributed by atoms with Gasteiger partial charge in [-0.3, -0.25) is 19.2 Å². The van der Waals surface area contributed by atoms with Gasteiger partial charge in [0, 0.05) is 88.1 Å². The number of likely N-dealkylation sites (tertiary alicyclic amines) is 1. The number of aliphatic hydroxyl groups excluding tert-OH is 1. The number of anilines is 3. The number of aliphatic hydroxyl groups is 1. The van der Waals surface area contributed by atoms with E-state index >= 15 is 0 Å². The highest BCUT2D eigenvalue weighted by atomic mass is 79.9. The second-order valence-corrected chi connectivity index (χ2v) is 20.6. The number of amides is 4. The quantitative estimate of drug-likeness (QED) is 0.0441. The van der Waals surface area contributed by atoms with Crippen molar-refractivity contribution in [2.45, 2.75) is 90.6 Å². The van der Waals surface area contributed by atoms with E-state index in [9.17, 15) is 24.3 Å². The fourth-order valence-electron chi connectivity index (χ4n) is 9.19. The molecule has 3 aliphatic rings. The third kappa shape index (κ3) is 12.9. The molecule has 0 unspecified atom stereocenters. The van der Waals surface area contributed by atoms with Crippen molar-refractivity contribution in [3.05, 3.63) is 105 Å². The third-order valence-electron chi connectivity index (χ3n) is 13.3. The Kier molecular flexibility index (Phi) is 17.8. The summed E-state index contributed by atoms with van der Waals surface area (Å²) in [4.78, 5) is 73.4. The summed E-state index contributed by atoms with van der Waals surface area (Å²) in [6.45, 7) is 9.00. The molecule has 8 rings (SSSR count). The minimum Gasteiger partial charge on any atom is -0.494 e. The number of hydrogen-bond donors (Lipinski definition) is 4. The molecule has 4 heterocycles. The van der Waals surface area contributed by atoms with E-state index in [-0.39, 0.29) is 55.7 Å². The number of rotatable bonds is 24. The summed E-state index contributed by atoms with van der Waals surface area (Å²) < 4.78 is 18.9. The molecule has 1 aliphatic carbocycles. The normalized spacial score (nSPS) is 16.8. The lowest BCUT2D eigenvalue weighted by atomic mass is 9.84. The predicted molar refractivity (Wildman–Crippen MR) is 279 cm³/mol. The molecule has 0 spiro atoms. The van der Waals surface area contributed by atoms with Crippen molar-refractivity contribution in [3.63, 3.8) is 0 Å². The molecule has 2 aromatic heterocycles. The highest BCUT2D eigenvalue weighted by Crippen LogP contribution is 2.34. The molecule has 1 saturated carbocycles. The van der Waals surface area contributed by atoms with Crippen LogP contribution in [0, 0.1) is 18.8 Å². The van der Waals surface area contributed by atoms with Crippen LogP contribution in [0.25, 0.3) is 10.4 Å². The Balaban J connectivity index is 0.778. The average Bonchev–Trinajstić information content (AvgIpc) is 4.07.